The first-order chi connectivity index (χ1) is 24.1. The Balaban J connectivity index is 0.965. The SMILES string of the molecule is O=C(NCCCCCCNC(=O)OCCOC(=O)c1cccc(N2C(=O)C=CC2=O)c1)OCCOC(=O)c1cccc(N2C(=O)C=CC2=O)c1. The molecule has 262 valence electrons. The van der Waals surface area contributed by atoms with E-state index in [1.165, 1.54) is 48.5 Å². The molecule has 0 aliphatic carbocycles. The summed E-state index contributed by atoms with van der Waals surface area (Å²) < 4.78 is 20.2. The normalized spacial score (nSPS) is 13.4. The number of imide groups is 2. The number of esters is 2. The smallest absolute Gasteiger partial charge is 0.407 e. The Morgan fingerprint density at radius 3 is 1.24 bits per heavy atom. The van der Waals surface area contributed by atoms with Crippen molar-refractivity contribution in [2.75, 3.05) is 49.3 Å². The molecule has 50 heavy (non-hydrogen) atoms. The minimum atomic E-state index is -0.707. The Kier molecular flexibility index (Phi) is 13.4. The quantitative estimate of drug-likeness (QED) is 0.106. The van der Waals surface area contributed by atoms with Crippen LogP contribution in [0.3, 0.4) is 0 Å². The fourth-order valence-corrected chi connectivity index (χ4v) is 4.64. The highest BCUT2D eigenvalue weighted by Crippen LogP contribution is 2.22. The van der Waals surface area contributed by atoms with Gasteiger partial charge in [0.25, 0.3) is 23.6 Å². The number of amides is 6. The van der Waals surface area contributed by atoms with E-state index >= 15 is 0 Å². The number of carbonyl (C=O) groups is 8. The van der Waals surface area contributed by atoms with Crippen LogP contribution in [-0.4, -0.2) is 87.3 Å². The van der Waals surface area contributed by atoms with Gasteiger partial charge in [0.05, 0.1) is 22.5 Å². The number of rotatable bonds is 17. The zero-order valence-electron chi connectivity index (χ0n) is 26.8. The number of unbranched alkanes of at least 4 members (excludes halogenated alkanes) is 3. The van der Waals surface area contributed by atoms with Crippen LogP contribution in [0.15, 0.2) is 72.8 Å². The van der Waals surface area contributed by atoms with Gasteiger partial charge in [-0.15, -0.1) is 0 Å². The molecule has 0 radical (unpaired) electrons. The number of hydrogen-bond acceptors (Lipinski definition) is 12. The van der Waals surface area contributed by atoms with E-state index in [4.69, 9.17) is 18.9 Å². The molecule has 0 atom stereocenters. The summed E-state index contributed by atoms with van der Waals surface area (Å²) in [6.45, 7) is -0.0198. The van der Waals surface area contributed by atoms with Gasteiger partial charge in [0, 0.05) is 37.4 Å². The Bertz CT molecular complexity index is 1540. The fourth-order valence-electron chi connectivity index (χ4n) is 4.64. The lowest BCUT2D eigenvalue weighted by atomic mass is 10.2. The van der Waals surface area contributed by atoms with Crippen LogP contribution in [0, 0.1) is 0 Å². The number of anilines is 2. The van der Waals surface area contributed by atoms with Crippen LogP contribution in [-0.2, 0) is 38.1 Å². The Hall–Kier alpha value is -6.32. The van der Waals surface area contributed by atoms with E-state index in [-0.39, 0.29) is 48.9 Å². The average Bonchev–Trinajstić information content (AvgIpc) is 3.64. The number of nitrogens with zero attached hydrogens (tertiary/aromatic N) is 2. The summed E-state index contributed by atoms with van der Waals surface area (Å²) in [5, 5.41) is 5.18. The first kappa shape index (κ1) is 36.5. The van der Waals surface area contributed by atoms with Crippen LogP contribution in [0.4, 0.5) is 21.0 Å². The molecule has 2 N–H and O–H groups in total. The molecule has 0 saturated carbocycles. The van der Waals surface area contributed by atoms with E-state index in [1.54, 1.807) is 0 Å². The lowest BCUT2D eigenvalue weighted by molar-refractivity contribution is -0.121. The molecule has 2 aromatic carbocycles. The van der Waals surface area contributed by atoms with Gasteiger partial charge in [0.2, 0.25) is 0 Å². The number of hydrogen-bond donors (Lipinski definition) is 2. The van der Waals surface area contributed by atoms with Gasteiger partial charge in [-0.05, 0) is 49.2 Å². The second-order valence-electron chi connectivity index (χ2n) is 10.6. The summed E-state index contributed by atoms with van der Waals surface area (Å²) in [6.07, 6.45) is 6.09. The van der Waals surface area contributed by atoms with Crippen LogP contribution in [0.25, 0.3) is 0 Å². The average molecular weight is 691 g/mol. The molecule has 2 heterocycles. The van der Waals surface area contributed by atoms with E-state index < -0.39 is 47.8 Å². The third-order valence-electron chi connectivity index (χ3n) is 7.04. The number of alkyl carbamates (subject to hydrolysis) is 2. The molecule has 16 heteroatoms. The fraction of sp³-hybridized carbons (Fsp3) is 0.294. The first-order valence-electron chi connectivity index (χ1n) is 15.6. The summed E-state index contributed by atoms with van der Waals surface area (Å²) in [5.74, 6) is -3.45. The molecule has 16 nitrogen and oxygen atoms in total. The van der Waals surface area contributed by atoms with Crippen molar-refractivity contribution in [2.45, 2.75) is 25.7 Å². The van der Waals surface area contributed by atoms with Gasteiger partial charge in [0.1, 0.15) is 26.4 Å². The van der Waals surface area contributed by atoms with E-state index in [9.17, 15) is 38.4 Å². The molecule has 6 amide bonds. The molecule has 0 saturated heterocycles. The lowest BCUT2D eigenvalue weighted by Crippen LogP contribution is -2.29. The third kappa shape index (κ3) is 10.6. The van der Waals surface area contributed by atoms with Crippen molar-refractivity contribution >= 4 is 59.1 Å². The Morgan fingerprint density at radius 1 is 0.500 bits per heavy atom. The molecule has 0 unspecified atom stereocenters. The molecular formula is C34H34N4O12. The second-order valence-corrected chi connectivity index (χ2v) is 10.6. The van der Waals surface area contributed by atoms with Crippen LogP contribution < -0.4 is 20.4 Å². The maximum atomic E-state index is 12.3. The Labute approximate surface area is 285 Å². The van der Waals surface area contributed by atoms with Crippen LogP contribution in [0.2, 0.25) is 0 Å². The predicted octanol–water partition coefficient (Wildman–Crippen LogP) is 2.57. The molecule has 0 spiro atoms. The van der Waals surface area contributed by atoms with Gasteiger partial charge in [-0.2, -0.15) is 0 Å². The van der Waals surface area contributed by atoms with E-state index in [0.29, 0.717) is 25.9 Å². The number of carbonyl (C=O) groups excluding carboxylic acids is 8. The molecular weight excluding hydrogens is 656 g/mol. The molecule has 2 aliphatic heterocycles. The maximum absolute atomic E-state index is 12.3. The minimum absolute atomic E-state index is 0.127. The second kappa shape index (κ2) is 18.3. The van der Waals surface area contributed by atoms with Gasteiger partial charge in [-0.25, -0.2) is 29.0 Å². The standard InChI is InChI=1S/C34H34N4O12/c39-27-11-12-28(40)37(27)25-9-5-7-23(21-25)31(43)47-17-19-49-33(45)35-15-3-1-2-4-16-36-34(46)50-20-18-48-32(44)24-8-6-10-26(22-24)38-29(41)13-14-30(38)42/h5-14,21-22H,1-4,15-20H2,(H,35,45)(H,36,46). The molecule has 2 aliphatic rings. The van der Waals surface area contributed by atoms with E-state index in [1.807, 2.05) is 0 Å². The summed E-state index contributed by atoms with van der Waals surface area (Å²) in [6, 6.07) is 11.7. The monoisotopic (exact) mass is 690 g/mol. The molecule has 0 fully saturated rings. The highest BCUT2D eigenvalue weighted by Gasteiger charge is 2.27. The third-order valence-corrected chi connectivity index (χ3v) is 7.04. The van der Waals surface area contributed by atoms with Crippen LogP contribution in [0.1, 0.15) is 46.4 Å². The van der Waals surface area contributed by atoms with E-state index in [0.717, 1.165) is 46.9 Å². The summed E-state index contributed by atoms with van der Waals surface area (Å²) in [7, 11) is 0. The van der Waals surface area contributed by atoms with E-state index in [2.05, 4.69) is 10.6 Å². The van der Waals surface area contributed by atoms with Gasteiger partial charge in [-0.3, -0.25) is 19.2 Å². The number of benzene rings is 2. The Morgan fingerprint density at radius 2 is 0.860 bits per heavy atom. The van der Waals surface area contributed by atoms with Gasteiger partial charge >= 0.3 is 24.1 Å². The highest BCUT2D eigenvalue weighted by molar-refractivity contribution is 6.29. The number of nitrogens with one attached hydrogen (secondary N) is 2. The van der Waals surface area contributed by atoms with Crippen molar-refractivity contribution < 1.29 is 57.3 Å². The zero-order chi connectivity index (χ0) is 35.9. The van der Waals surface area contributed by atoms with Gasteiger partial charge in [-0.1, -0.05) is 25.0 Å². The van der Waals surface area contributed by atoms with Crippen LogP contribution >= 0.6 is 0 Å². The molecule has 0 bridgehead atoms. The summed E-state index contributed by atoms with van der Waals surface area (Å²) in [4.78, 5) is 97.6. The minimum Gasteiger partial charge on any atom is -0.458 e. The number of ether oxygens (including phenoxy) is 4. The van der Waals surface area contributed by atoms with Gasteiger partial charge < -0.3 is 29.6 Å². The summed E-state index contributed by atoms with van der Waals surface area (Å²) in [5.41, 5.74) is 0.726. The predicted molar refractivity (Wildman–Crippen MR) is 174 cm³/mol. The largest absolute Gasteiger partial charge is 0.458 e. The lowest BCUT2D eigenvalue weighted by Gasteiger charge is -2.14. The van der Waals surface area contributed by atoms with Crippen molar-refractivity contribution in [3.05, 3.63) is 84.0 Å². The zero-order valence-corrected chi connectivity index (χ0v) is 26.8. The molecule has 0 aromatic heterocycles. The summed E-state index contributed by atoms with van der Waals surface area (Å²) >= 11 is 0. The van der Waals surface area contributed by atoms with Crippen molar-refractivity contribution in [1.82, 2.24) is 10.6 Å². The van der Waals surface area contributed by atoms with Crippen molar-refractivity contribution in [2.24, 2.45) is 0 Å². The van der Waals surface area contributed by atoms with Crippen molar-refractivity contribution in [3.63, 3.8) is 0 Å². The topological polar surface area (TPSA) is 204 Å². The first-order valence-corrected chi connectivity index (χ1v) is 15.6. The highest BCUT2D eigenvalue weighted by atomic mass is 16.6. The van der Waals surface area contributed by atoms with Crippen LogP contribution in [0.5, 0.6) is 0 Å². The maximum Gasteiger partial charge on any atom is 0.407 e. The van der Waals surface area contributed by atoms with Crippen molar-refractivity contribution in [1.29, 1.82) is 0 Å². The molecule has 4 rings (SSSR count). The van der Waals surface area contributed by atoms with Gasteiger partial charge in [0.15, 0.2) is 0 Å². The van der Waals surface area contributed by atoms with Crippen molar-refractivity contribution in [3.8, 4) is 0 Å². The molecule has 2 aromatic rings.